The summed E-state index contributed by atoms with van der Waals surface area (Å²) in [4.78, 5) is 2.24. The van der Waals surface area contributed by atoms with Gasteiger partial charge in [-0.05, 0) is 32.8 Å². The third-order valence-electron chi connectivity index (χ3n) is 3.86. The highest BCUT2D eigenvalue weighted by molar-refractivity contribution is 7.85. The fourth-order valence-electron chi connectivity index (χ4n) is 2.53. The van der Waals surface area contributed by atoms with E-state index in [1.54, 1.807) is 0 Å². The van der Waals surface area contributed by atoms with Crippen LogP contribution in [0.2, 0.25) is 0 Å². The van der Waals surface area contributed by atoms with Gasteiger partial charge in [-0.1, -0.05) is 37.3 Å². The maximum absolute atomic E-state index is 12.5. The van der Waals surface area contributed by atoms with E-state index >= 15 is 0 Å². The molecule has 0 N–H and O–H groups in total. The molecule has 0 bridgehead atoms. The van der Waals surface area contributed by atoms with Gasteiger partial charge in [-0.3, -0.25) is 0 Å². The molecule has 0 saturated carbocycles. The zero-order chi connectivity index (χ0) is 16.9. The van der Waals surface area contributed by atoms with Crippen molar-refractivity contribution in [3.8, 4) is 0 Å². The van der Waals surface area contributed by atoms with Gasteiger partial charge in [-0.15, -0.1) is 0 Å². The highest BCUT2D eigenvalue weighted by Crippen LogP contribution is 2.18. The van der Waals surface area contributed by atoms with Crippen LogP contribution in [0.3, 0.4) is 0 Å². The Bertz CT molecular complexity index is 546. The van der Waals surface area contributed by atoms with Gasteiger partial charge in [0.05, 0.1) is 18.0 Å². The zero-order valence-corrected chi connectivity index (χ0v) is 15.4. The number of hydrogen-bond donors (Lipinski definition) is 0. The molecule has 1 unspecified atom stereocenters. The van der Waals surface area contributed by atoms with Crippen molar-refractivity contribution in [2.45, 2.75) is 38.9 Å². The molecule has 1 saturated heterocycles. The molecule has 1 fully saturated rings. The molecule has 0 amide bonds. The Morgan fingerprint density at radius 2 is 1.87 bits per heavy atom. The van der Waals surface area contributed by atoms with Crippen LogP contribution < -0.4 is 0 Å². The van der Waals surface area contributed by atoms with Gasteiger partial charge in [-0.2, -0.15) is 4.40 Å². The van der Waals surface area contributed by atoms with Crippen molar-refractivity contribution in [3.05, 3.63) is 35.9 Å². The Hall–Kier alpha value is -1.20. The SMILES string of the molecule is C[C@H](Cc1ccccc1)/C(=N/S(=O)C(C)(C)C)N1CCOCC1. The van der Waals surface area contributed by atoms with Crippen LogP contribution in [0.5, 0.6) is 0 Å². The smallest absolute Gasteiger partial charge is 0.146 e. The molecule has 1 aliphatic rings. The van der Waals surface area contributed by atoms with Crippen molar-refractivity contribution < 1.29 is 8.95 Å². The first-order valence-electron chi connectivity index (χ1n) is 8.25. The average molecular weight is 337 g/mol. The molecule has 0 spiro atoms. The van der Waals surface area contributed by atoms with Crippen molar-refractivity contribution in [1.29, 1.82) is 0 Å². The fraction of sp³-hybridized carbons (Fsp3) is 0.611. The monoisotopic (exact) mass is 336 g/mol. The van der Waals surface area contributed by atoms with Gasteiger partial charge in [0.15, 0.2) is 0 Å². The standard InChI is InChI=1S/C18H28N2O2S/c1-15(14-16-8-6-5-7-9-16)17(19-23(21)18(2,3)4)20-10-12-22-13-11-20/h5-9,15H,10-14H2,1-4H3/b19-17-/t15-,23?/m1/s1. The van der Waals surface area contributed by atoms with Gasteiger partial charge in [0.2, 0.25) is 0 Å². The van der Waals surface area contributed by atoms with Gasteiger partial charge < -0.3 is 9.64 Å². The van der Waals surface area contributed by atoms with Crippen LogP contribution in [-0.4, -0.2) is 46.0 Å². The summed E-state index contributed by atoms with van der Waals surface area (Å²) in [5.41, 5.74) is 1.28. The minimum atomic E-state index is -1.24. The second-order valence-electron chi connectivity index (χ2n) is 7.00. The Balaban J connectivity index is 2.21. The molecular weight excluding hydrogens is 308 g/mol. The second-order valence-corrected chi connectivity index (χ2v) is 8.91. The van der Waals surface area contributed by atoms with Crippen LogP contribution in [0.1, 0.15) is 33.3 Å². The summed E-state index contributed by atoms with van der Waals surface area (Å²) in [7, 11) is -1.24. The van der Waals surface area contributed by atoms with Crippen LogP contribution in [-0.2, 0) is 22.1 Å². The van der Waals surface area contributed by atoms with Crippen LogP contribution in [0.4, 0.5) is 0 Å². The molecule has 0 aromatic heterocycles. The minimum absolute atomic E-state index is 0.224. The van der Waals surface area contributed by atoms with Crippen LogP contribution in [0.15, 0.2) is 34.7 Å². The Kier molecular flexibility index (Phi) is 6.36. The van der Waals surface area contributed by atoms with E-state index in [4.69, 9.17) is 4.74 Å². The molecular formula is C18H28N2O2S. The fourth-order valence-corrected chi connectivity index (χ4v) is 3.27. The lowest BCUT2D eigenvalue weighted by Crippen LogP contribution is -2.44. The molecule has 2 atom stereocenters. The van der Waals surface area contributed by atoms with Gasteiger partial charge in [0.25, 0.3) is 0 Å². The zero-order valence-electron chi connectivity index (χ0n) is 14.6. The summed E-state index contributed by atoms with van der Waals surface area (Å²) >= 11 is 0. The molecule has 0 aliphatic carbocycles. The molecule has 0 radical (unpaired) electrons. The van der Waals surface area contributed by atoms with Crippen LogP contribution >= 0.6 is 0 Å². The predicted molar refractivity (Wildman–Crippen MR) is 97.0 cm³/mol. The molecule has 1 heterocycles. The predicted octanol–water partition coefficient (Wildman–Crippen LogP) is 3.06. The van der Waals surface area contributed by atoms with Gasteiger partial charge >= 0.3 is 0 Å². The third-order valence-corrected chi connectivity index (χ3v) is 5.26. The van der Waals surface area contributed by atoms with E-state index in [-0.39, 0.29) is 10.7 Å². The van der Waals surface area contributed by atoms with Gasteiger partial charge in [-0.25, -0.2) is 4.21 Å². The average Bonchev–Trinajstić information content (AvgIpc) is 2.53. The van der Waals surface area contributed by atoms with Crippen molar-refractivity contribution in [1.82, 2.24) is 4.90 Å². The number of ether oxygens (including phenoxy) is 1. The first-order valence-corrected chi connectivity index (χ1v) is 9.36. The summed E-state index contributed by atoms with van der Waals surface area (Å²) in [6, 6.07) is 10.4. The maximum atomic E-state index is 12.5. The molecule has 5 heteroatoms. The Morgan fingerprint density at radius 3 is 2.43 bits per heavy atom. The number of hydrogen-bond acceptors (Lipinski definition) is 2. The van der Waals surface area contributed by atoms with E-state index in [0.717, 1.165) is 25.3 Å². The van der Waals surface area contributed by atoms with Crippen LogP contribution in [0.25, 0.3) is 0 Å². The minimum Gasteiger partial charge on any atom is -0.378 e. The highest BCUT2D eigenvalue weighted by Gasteiger charge is 2.25. The Labute approximate surface area is 142 Å². The summed E-state index contributed by atoms with van der Waals surface area (Å²) in [6.07, 6.45) is 0.901. The summed E-state index contributed by atoms with van der Waals surface area (Å²) in [5, 5.41) is 0. The summed E-state index contributed by atoms with van der Waals surface area (Å²) in [5.74, 6) is 1.17. The van der Waals surface area contributed by atoms with E-state index in [0.29, 0.717) is 13.2 Å². The largest absolute Gasteiger partial charge is 0.378 e. The molecule has 23 heavy (non-hydrogen) atoms. The van der Waals surface area contributed by atoms with E-state index in [9.17, 15) is 4.21 Å². The summed E-state index contributed by atoms with van der Waals surface area (Å²) in [6.45, 7) is 11.1. The van der Waals surface area contributed by atoms with Crippen molar-refractivity contribution in [2.75, 3.05) is 26.3 Å². The summed E-state index contributed by atoms with van der Waals surface area (Å²) < 4.78 is 22.3. The maximum Gasteiger partial charge on any atom is 0.146 e. The number of benzene rings is 1. The van der Waals surface area contributed by atoms with E-state index in [1.807, 2.05) is 26.8 Å². The van der Waals surface area contributed by atoms with Crippen molar-refractivity contribution >= 4 is 16.8 Å². The topological polar surface area (TPSA) is 41.9 Å². The quantitative estimate of drug-likeness (QED) is 0.627. The lowest BCUT2D eigenvalue weighted by molar-refractivity contribution is 0.0662. The number of morpholine rings is 1. The third kappa shape index (κ3) is 5.43. The van der Waals surface area contributed by atoms with Crippen LogP contribution in [0, 0.1) is 5.92 Å². The lowest BCUT2D eigenvalue weighted by Gasteiger charge is -2.33. The first-order chi connectivity index (χ1) is 10.9. The van der Waals surface area contributed by atoms with Crippen molar-refractivity contribution in [3.63, 3.8) is 0 Å². The van der Waals surface area contributed by atoms with E-state index in [1.165, 1.54) is 5.56 Å². The van der Waals surface area contributed by atoms with E-state index in [2.05, 4.69) is 40.5 Å². The Morgan fingerprint density at radius 1 is 1.26 bits per heavy atom. The molecule has 128 valence electrons. The number of amidine groups is 1. The number of rotatable bonds is 4. The second kappa shape index (κ2) is 8.06. The normalized spacial score (nSPS) is 19.5. The molecule has 2 rings (SSSR count). The molecule has 1 aromatic carbocycles. The molecule has 1 aromatic rings. The van der Waals surface area contributed by atoms with Gasteiger partial charge in [0, 0.05) is 19.0 Å². The molecule has 1 aliphatic heterocycles. The van der Waals surface area contributed by atoms with Crippen molar-refractivity contribution in [2.24, 2.45) is 10.3 Å². The van der Waals surface area contributed by atoms with Gasteiger partial charge in [0.1, 0.15) is 16.8 Å². The number of nitrogens with zero attached hydrogens (tertiary/aromatic N) is 2. The van der Waals surface area contributed by atoms with E-state index < -0.39 is 11.0 Å². The lowest BCUT2D eigenvalue weighted by atomic mass is 9.99. The first kappa shape index (κ1) is 18.1. The highest BCUT2D eigenvalue weighted by atomic mass is 32.2. The molecule has 4 nitrogen and oxygen atoms in total.